The van der Waals surface area contributed by atoms with Crippen molar-refractivity contribution >= 4 is 62.3 Å². The number of sulfonamides is 1. The number of nitrogens with one attached hydrogen (secondary N) is 1. The van der Waals surface area contributed by atoms with Crippen LogP contribution in [0.4, 0.5) is 5.69 Å². The second-order valence-electron chi connectivity index (χ2n) is 9.09. The minimum Gasteiger partial charge on any atom is -0.352 e. The molecule has 1 aliphatic rings. The van der Waals surface area contributed by atoms with Crippen LogP contribution in [0.2, 0.25) is 15.1 Å². The molecule has 7 nitrogen and oxygen atoms in total. The molecule has 1 unspecified atom stereocenters. The molecule has 2 amide bonds. The standard InChI is InChI=1S/C25H30Cl3N3O4S/c1-16-20(26)9-6-10-23(16)31(36(3,34)35)15-24(32)30(14-18-11-12-21(27)22(28)13-18)17(2)25(33)29-19-7-4-5-8-19/h6,9-13,17,19H,4-5,7-8,14-15H2,1-3H3,(H,29,33). The summed E-state index contributed by atoms with van der Waals surface area (Å²) in [4.78, 5) is 28.1. The number of carbonyl (C=O) groups is 2. The first kappa shape index (κ1) is 28.6. The van der Waals surface area contributed by atoms with Crippen LogP contribution < -0.4 is 9.62 Å². The smallest absolute Gasteiger partial charge is 0.244 e. The number of anilines is 1. The zero-order valence-corrected chi connectivity index (χ0v) is 23.5. The van der Waals surface area contributed by atoms with Gasteiger partial charge in [-0.1, -0.05) is 59.8 Å². The Hall–Kier alpha value is -2.00. The fraction of sp³-hybridized carbons (Fsp3) is 0.440. The fourth-order valence-corrected chi connectivity index (χ4v) is 5.66. The molecule has 0 heterocycles. The molecule has 1 fully saturated rings. The van der Waals surface area contributed by atoms with Gasteiger partial charge in [-0.2, -0.15) is 0 Å². The minimum absolute atomic E-state index is 0.0428. The Morgan fingerprint density at radius 1 is 1.06 bits per heavy atom. The second-order valence-corrected chi connectivity index (χ2v) is 12.2. The van der Waals surface area contributed by atoms with E-state index in [1.165, 1.54) is 4.90 Å². The molecule has 3 rings (SSSR count). The first-order chi connectivity index (χ1) is 16.9. The number of benzene rings is 2. The highest BCUT2D eigenvalue weighted by molar-refractivity contribution is 7.92. The number of hydrogen-bond donors (Lipinski definition) is 1. The maximum Gasteiger partial charge on any atom is 0.244 e. The van der Waals surface area contributed by atoms with Gasteiger partial charge >= 0.3 is 0 Å². The van der Waals surface area contributed by atoms with Gasteiger partial charge in [-0.15, -0.1) is 0 Å². The van der Waals surface area contributed by atoms with E-state index >= 15 is 0 Å². The molecule has 0 aliphatic heterocycles. The summed E-state index contributed by atoms with van der Waals surface area (Å²) in [5, 5.41) is 4.09. The van der Waals surface area contributed by atoms with Gasteiger partial charge < -0.3 is 10.2 Å². The van der Waals surface area contributed by atoms with Crippen molar-refractivity contribution in [1.82, 2.24) is 10.2 Å². The van der Waals surface area contributed by atoms with E-state index in [2.05, 4.69) is 5.32 Å². The van der Waals surface area contributed by atoms with Gasteiger partial charge in [-0.25, -0.2) is 8.42 Å². The van der Waals surface area contributed by atoms with Gasteiger partial charge in [0, 0.05) is 17.6 Å². The Morgan fingerprint density at radius 3 is 2.33 bits per heavy atom. The summed E-state index contributed by atoms with van der Waals surface area (Å²) in [6.07, 6.45) is 4.92. The molecule has 2 aromatic carbocycles. The fourth-order valence-electron chi connectivity index (χ4n) is 4.27. The lowest BCUT2D eigenvalue weighted by atomic mass is 10.1. The van der Waals surface area contributed by atoms with Crippen LogP contribution in [0.1, 0.15) is 43.7 Å². The van der Waals surface area contributed by atoms with E-state index in [1.807, 2.05) is 0 Å². The van der Waals surface area contributed by atoms with Gasteiger partial charge in [-0.05, 0) is 62.1 Å². The summed E-state index contributed by atoms with van der Waals surface area (Å²) >= 11 is 18.4. The van der Waals surface area contributed by atoms with Gasteiger partial charge in [0.15, 0.2) is 0 Å². The highest BCUT2D eigenvalue weighted by Crippen LogP contribution is 2.29. The van der Waals surface area contributed by atoms with E-state index in [0.29, 0.717) is 31.9 Å². The molecule has 0 bridgehead atoms. The van der Waals surface area contributed by atoms with Crippen molar-refractivity contribution in [2.75, 3.05) is 17.1 Å². The molecule has 0 saturated heterocycles. The number of carbonyl (C=O) groups excluding carboxylic acids is 2. The largest absolute Gasteiger partial charge is 0.352 e. The Balaban J connectivity index is 1.93. The van der Waals surface area contributed by atoms with E-state index in [9.17, 15) is 18.0 Å². The number of hydrogen-bond acceptors (Lipinski definition) is 4. The normalized spacial score (nSPS) is 14.9. The zero-order chi connectivity index (χ0) is 26.6. The lowest BCUT2D eigenvalue weighted by molar-refractivity contribution is -0.139. The highest BCUT2D eigenvalue weighted by Gasteiger charge is 2.32. The second kappa shape index (κ2) is 12.0. The average Bonchev–Trinajstić information content (AvgIpc) is 3.32. The molecule has 1 aliphatic carbocycles. The van der Waals surface area contributed by atoms with Crippen molar-refractivity contribution in [3.8, 4) is 0 Å². The van der Waals surface area contributed by atoms with Gasteiger partial charge in [0.25, 0.3) is 0 Å². The molecule has 1 atom stereocenters. The molecule has 36 heavy (non-hydrogen) atoms. The van der Waals surface area contributed by atoms with Gasteiger partial charge in [0.05, 0.1) is 22.0 Å². The third kappa shape index (κ3) is 7.06. The first-order valence-electron chi connectivity index (χ1n) is 11.6. The van der Waals surface area contributed by atoms with E-state index in [0.717, 1.165) is 36.2 Å². The molecule has 0 radical (unpaired) electrons. The Labute approximate surface area is 227 Å². The van der Waals surface area contributed by atoms with E-state index < -0.39 is 28.5 Å². The molecule has 2 aromatic rings. The summed E-state index contributed by atoms with van der Waals surface area (Å²) in [6, 6.07) is 9.04. The van der Waals surface area contributed by atoms with Crippen LogP contribution >= 0.6 is 34.8 Å². The third-order valence-electron chi connectivity index (χ3n) is 6.39. The zero-order valence-electron chi connectivity index (χ0n) is 20.4. The Kier molecular flexibility index (Phi) is 9.55. The molecule has 11 heteroatoms. The summed E-state index contributed by atoms with van der Waals surface area (Å²) in [5.74, 6) is -0.833. The number of amides is 2. The summed E-state index contributed by atoms with van der Waals surface area (Å²) < 4.78 is 26.5. The van der Waals surface area contributed by atoms with Crippen LogP contribution in [-0.4, -0.2) is 50.0 Å². The molecule has 1 saturated carbocycles. The minimum atomic E-state index is -3.85. The SMILES string of the molecule is Cc1c(Cl)cccc1N(CC(=O)N(Cc1ccc(Cl)c(Cl)c1)C(C)C(=O)NC1CCCC1)S(C)(=O)=O. The quantitative estimate of drug-likeness (QED) is 0.446. The predicted molar refractivity (Wildman–Crippen MR) is 145 cm³/mol. The van der Waals surface area contributed by atoms with Gasteiger partial charge in [-0.3, -0.25) is 13.9 Å². The van der Waals surface area contributed by atoms with Crippen LogP contribution in [-0.2, 0) is 26.2 Å². The van der Waals surface area contributed by atoms with E-state index in [1.54, 1.807) is 50.2 Å². The number of rotatable bonds is 9. The monoisotopic (exact) mass is 573 g/mol. The van der Waals surface area contributed by atoms with Crippen molar-refractivity contribution in [3.63, 3.8) is 0 Å². The van der Waals surface area contributed by atoms with E-state index in [-0.39, 0.29) is 18.5 Å². The topological polar surface area (TPSA) is 86.8 Å². The van der Waals surface area contributed by atoms with Crippen molar-refractivity contribution in [2.24, 2.45) is 0 Å². The average molecular weight is 575 g/mol. The summed E-state index contributed by atoms with van der Waals surface area (Å²) in [6.45, 7) is 2.87. The summed E-state index contributed by atoms with van der Waals surface area (Å²) in [5.41, 5.74) is 1.49. The summed E-state index contributed by atoms with van der Waals surface area (Å²) in [7, 11) is -3.85. The first-order valence-corrected chi connectivity index (χ1v) is 14.6. The molecule has 0 aromatic heterocycles. The third-order valence-corrected chi connectivity index (χ3v) is 8.67. The number of halogens is 3. The van der Waals surface area contributed by atoms with Gasteiger partial charge in [0.2, 0.25) is 21.8 Å². The lowest BCUT2D eigenvalue weighted by Gasteiger charge is -2.32. The maximum absolute atomic E-state index is 13.7. The molecular weight excluding hydrogens is 545 g/mol. The Morgan fingerprint density at radius 2 is 1.72 bits per heavy atom. The molecule has 0 spiro atoms. The van der Waals surface area contributed by atoms with Crippen LogP contribution in [0.15, 0.2) is 36.4 Å². The van der Waals surface area contributed by atoms with Crippen molar-refractivity contribution in [1.29, 1.82) is 0 Å². The van der Waals surface area contributed by atoms with Crippen LogP contribution in [0, 0.1) is 6.92 Å². The van der Waals surface area contributed by atoms with Crippen molar-refractivity contribution in [3.05, 3.63) is 62.6 Å². The van der Waals surface area contributed by atoms with E-state index in [4.69, 9.17) is 34.8 Å². The van der Waals surface area contributed by atoms with Gasteiger partial charge in [0.1, 0.15) is 12.6 Å². The van der Waals surface area contributed by atoms with Crippen LogP contribution in [0.5, 0.6) is 0 Å². The molecule has 1 N–H and O–H groups in total. The lowest BCUT2D eigenvalue weighted by Crippen LogP contribution is -2.52. The highest BCUT2D eigenvalue weighted by atomic mass is 35.5. The Bertz CT molecular complexity index is 1230. The van der Waals surface area contributed by atoms with Crippen LogP contribution in [0.3, 0.4) is 0 Å². The van der Waals surface area contributed by atoms with Crippen molar-refractivity contribution < 1.29 is 18.0 Å². The maximum atomic E-state index is 13.7. The predicted octanol–water partition coefficient (Wildman–Crippen LogP) is 5.20. The molecular formula is C25H30Cl3N3O4S. The van der Waals surface area contributed by atoms with Crippen LogP contribution in [0.25, 0.3) is 0 Å². The number of nitrogens with zero attached hydrogens (tertiary/aromatic N) is 2. The van der Waals surface area contributed by atoms with Crippen molar-refractivity contribution in [2.45, 2.75) is 58.2 Å². The molecule has 196 valence electrons.